The number of carbonyl (C=O) groups is 2. The number of nitrogens with zero attached hydrogens (tertiary/aromatic N) is 3. The molecule has 1 N–H and O–H groups in total. The zero-order valence-electron chi connectivity index (χ0n) is 15.1. The number of pyridine rings is 1. The topological polar surface area (TPSA) is 94.1 Å². The van der Waals surface area contributed by atoms with Crippen LogP contribution in [0.3, 0.4) is 0 Å². The molecule has 142 valence electrons. The lowest BCUT2D eigenvalue weighted by molar-refractivity contribution is 0.0899. The Morgan fingerprint density at radius 3 is 2.64 bits per heavy atom. The molecular formula is C20H17FN4O3. The standard InChI is InChI=1S/C20H17FN4O3/c1-2-28-19-8-7-13(9-23-19)16-10-22-11-17(25-16)20(27)24-12-18(26)14-5-3-4-6-15(14)21/h3-11H,2,12H2,1H3,(H,24,27). The lowest BCUT2D eigenvalue weighted by Crippen LogP contribution is -2.30. The van der Waals surface area contributed by atoms with Crippen LogP contribution >= 0.6 is 0 Å². The first-order valence-corrected chi connectivity index (χ1v) is 8.55. The quantitative estimate of drug-likeness (QED) is 0.634. The third-order valence-electron chi connectivity index (χ3n) is 3.78. The van der Waals surface area contributed by atoms with Gasteiger partial charge in [0.1, 0.15) is 11.5 Å². The Labute approximate surface area is 160 Å². The summed E-state index contributed by atoms with van der Waals surface area (Å²) >= 11 is 0. The maximum atomic E-state index is 13.6. The van der Waals surface area contributed by atoms with E-state index in [2.05, 4.69) is 20.3 Å². The number of nitrogens with one attached hydrogen (secondary N) is 1. The maximum absolute atomic E-state index is 13.6. The van der Waals surface area contributed by atoms with E-state index in [-0.39, 0.29) is 17.8 Å². The van der Waals surface area contributed by atoms with Gasteiger partial charge in [-0.1, -0.05) is 12.1 Å². The Balaban J connectivity index is 1.68. The highest BCUT2D eigenvalue weighted by atomic mass is 19.1. The van der Waals surface area contributed by atoms with E-state index in [4.69, 9.17) is 4.74 Å². The van der Waals surface area contributed by atoms with Gasteiger partial charge in [0.15, 0.2) is 5.78 Å². The number of halogens is 1. The fourth-order valence-corrected chi connectivity index (χ4v) is 2.41. The molecule has 1 amide bonds. The number of benzene rings is 1. The molecule has 28 heavy (non-hydrogen) atoms. The molecule has 2 heterocycles. The van der Waals surface area contributed by atoms with Crippen LogP contribution in [0.2, 0.25) is 0 Å². The Hall–Kier alpha value is -3.68. The van der Waals surface area contributed by atoms with E-state index < -0.39 is 17.5 Å². The minimum Gasteiger partial charge on any atom is -0.478 e. The molecule has 0 saturated carbocycles. The molecule has 0 fully saturated rings. The van der Waals surface area contributed by atoms with Crippen molar-refractivity contribution >= 4 is 11.7 Å². The van der Waals surface area contributed by atoms with Gasteiger partial charge in [0, 0.05) is 17.8 Å². The predicted molar refractivity (Wildman–Crippen MR) is 99.5 cm³/mol. The molecule has 0 radical (unpaired) electrons. The van der Waals surface area contributed by atoms with Crippen LogP contribution in [0, 0.1) is 5.82 Å². The van der Waals surface area contributed by atoms with Gasteiger partial charge in [0.2, 0.25) is 5.88 Å². The first-order chi connectivity index (χ1) is 13.6. The van der Waals surface area contributed by atoms with Crippen LogP contribution in [0.1, 0.15) is 27.8 Å². The number of rotatable bonds is 7. The average Bonchev–Trinajstić information content (AvgIpc) is 2.73. The highest BCUT2D eigenvalue weighted by Gasteiger charge is 2.15. The molecule has 7 nitrogen and oxygen atoms in total. The second kappa shape index (κ2) is 8.81. The second-order valence-electron chi connectivity index (χ2n) is 5.69. The number of carbonyl (C=O) groups excluding carboxylic acids is 2. The summed E-state index contributed by atoms with van der Waals surface area (Å²) in [6.45, 7) is 2.02. The zero-order chi connectivity index (χ0) is 19.9. The van der Waals surface area contributed by atoms with Gasteiger partial charge in [-0.3, -0.25) is 14.6 Å². The van der Waals surface area contributed by atoms with E-state index in [0.29, 0.717) is 23.7 Å². The molecule has 0 aliphatic carbocycles. The summed E-state index contributed by atoms with van der Waals surface area (Å²) in [6.07, 6.45) is 4.35. The smallest absolute Gasteiger partial charge is 0.271 e. The molecule has 0 saturated heterocycles. The summed E-state index contributed by atoms with van der Waals surface area (Å²) in [5, 5.41) is 2.44. The van der Waals surface area contributed by atoms with Crippen LogP contribution in [0.15, 0.2) is 55.0 Å². The van der Waals surface area contributed by atoms with E-state index in [9.17, 15) is 14.0 Å². The van der Waals surface area contributed by atoms with Crippen LogP contribution in [-0.4, -0.2) is 39.8 Å². The highest BCUT2D eigenvalue weighted by Crippen LogP contribution is 2.18. The molecule has 2 aromatic heterocycles. The Morgan fingerprint density at radius 1 is 1.11 bits per heavy atom. The SMILES string of the molecule is CCOc1ccc(-c2cncc(C(=O)NCC(=O)c3ccccc3F)n2)cn1. The van der Waals surface area contributed by atoms with Crippen molar-refractivity contribution in [1.82, 2.24) is 20.3 Å². The van der Waals surface area contributed by atoms with E-state index in [1.165, 1.54) is 30.6 Å². The molecule has 8 heteroatoms. The molecule has 0 bridgehead atoms. The summed E-state index contributed by atoms with van der Waals surface area (Å²) in [5.74, 6) is -1.27. The highest BCUT2D eigenvalue weighted by molar-refractivity contribution is 6.01. The van der Waals surface area contributed by atoms with Gasteiger partial charge in [-0.15, -0.1) is 0 Å². The summed E-state index contributed by atoms with van der Waals surface area (Å²) in [5.41, 5.74) is 1.06. The number of ether oxygens (including phenoxy) is 1. The Morgan fingerprint density at radius 2 is 1.93 bits per heavy atom. The number of aromatic nitrogens is 3. The average molecular weight is 380 g/mol. The van der Waals surface area contributed by atoms with Gasteiger partial charge in [-0.2, -0.15) is 0 Å². The summed E-state index contributed by atoms with van der Waals surface area (Å²) in [4.78, 5) is 36.8. The fraction of sp³-hybridized carbons (Fsp3) is 0.150. The van der Waals surface area contributed by atoms with Gasteiger partial charge in [0.25, 0.3) is 5.91 Å². The molecule has 0 unspecified atom stereocenters. The van der Waals surface area contributed by atoms with Crippen molar-refractivity contribution in [1.29, 1.82) is 0 Å². The molecule has 0 aliphatic heterocycles. The van der Waals surface area contributed by atoms with Gasteiger partial charge in [-0.05, 0) is 25.1 Å². The summed E-state index contributed by atoms with van der Waals surface area (Å²) < 4.78 is 18.9. The van der Waals surface area contributed by atoms with Gasteiger partial charge >= 0.3 is 0 Å². The Bertz CT molecular complexity index is 993. The lowest BCUT2D eigenvalue weighted by Gasteiger charge is -2.07. The monoisotopic (exact) mass is 380 g/mol. The van der Waals surface area contributed by atoms with Crippen LogP contribution in [0.5, 0.6) is 5.88 Å². The van der Waals surface area contributed by atoms with Crippen molar-refractivity contribution in [3.63, 3.8) is 0 Å². The fourth-order valence-electron chi connectivity index (χ4n) is 2.41. The Kier molecular flexibility index (Phi) is 6.01. The van der Waals surface area contributed by atoms with Crippen LogP contribution in [0.25, 0.3) is 11.3 Å². The van der Waals surface area contributed by atoms with Crippen molar-refractivity contribution in [2.24, 2.45) is 0 Å². The minimum absolute atomic E-state index is 0.0349. The number of ketones is 1. The number of hydrogen-bond donors (Lipinski definition) is 1. The first kappa shape index (κ1) is 19.1. The third-order valence-corrected chi connectivity index (χ3v) is 3.78. The number of amides is 1. The molecule has 0 spiro atoms. The molecule has 0 atom stereocenters. The lowest BCUT2D eigenvalue weighted by atomic mass is 10.1. The van der Waals surface area contributed by atoms with Crippen molar-refractivity contribution < 1.29 is 18.7 Å². The minimum atomic E-state index is -0.633. The van der Waals surface area contributed by atoms with Gasteiger partial charge in [-0.25, -0.2) is 14.4 Å². The molecular weight excluding hydrogens is 363 g/mol. The van der Waals surface area contributed by atoms with E-state index in [0.717, 1.165) is 0 Å². The first-order valence-electron chi connectivity index (χ1n) is 8.55. The largest absolute Gasteiger partial charge is 0.478 e. The van der Waals surface area contributed by atoms with Gasteiger partial charge in [0.05, 0.1) is 36.8 Å². The van der Waals surface area contributed by atoms with Gasteiger partial charge < -0.3 is 10.1 Å². The third kappa shape index (κ3) is 4.53. The van der Waals surface area contributed by atoms with Crippen molar-refractivity contribution in [2.45, 2.75) is 6.92 Å². The molecule has 3 rings (SSSR count). The van der Waals surface area contributed by atoms with Crippen molar-refractivity contribution in [3.8, 4) is 17.1 Å². The summed E-state index contributed by atoms with van der Waals surface area (Å²) in [7, 11) is 0. The van der Waals surface area contributed by atoms with Crippen LogP contribution in [0.4, 0.5) is 4.39 Å². The van der Waals surface area contributed by atoms with Crippen LogP contribution in [-0.2, 0) is 0 Å². The second-order valence-corrected chi connectivity index (χ2v) is 5.69. The molecule has 0 aliphatic rings. The number of Topliss-reactive ketones (excluding diaryl/α,β-unsaturated/α-hetero) is 1. The normalized spacial score (nSPS) is 10.4. The summed E-state index contributed by atoms with van der Waals surface area (Å²) in [6, 6.07) is 9.04. The molecule has 1 aromatic carbocycles. The van der Waals surface area contributed by atoms with Crippen molar-refractivity contribution in [2.75, 3.05) is 13.2 Å². The molecule has 3 aromatic rings. The van der Waals surface area contributed by atoms with E-state index in [1.807, 2.05) is 6.92 Å². The number of hydrogen-bond acceptors (Lipinski definition) is 6. The van der Waals surface area contributed by atoms with E-state index >= 15 is 0 Å². The van der Waals surface area contributed by atoms with E-state index in [1.54, 1.807) is 24.4 Å². The zero-order valence-corrected chi connectivity index (χ0v) is 15.1. The predicted octanol–water partition coefficient (Wildman–Crippen LogP) is 2.69. The maximum Gasteiger partial charge on any atom is 0.271 e. The van der Waals surface area contributed by atoms with Crippen molar-refractivity contribution in [3.05, 3.63) is 72.1 Å². The van der Waals surface area contributed by atoms with Crippen LogP contribution < -0.4 is 10.1 Å².